The minimum Gasteiger partial charge on any atom is -0.383 e. The van der Waals surface area contributed by atoms with Crippen molar-refractivity contribution in [3.8, 4) is 0 Å². The molecule has 0 bridgehead atoms. The Kier molecular flexibility index (Phi) is 3.86. The molecular weight excluding hydrogens is 246 g/mol. The molecule has 0 amide bonds. The van der Waals surface area contributed by atoms with Crippen LogP contribution in [0.2, 0.25) is 0 Å². The maximum absolute atomic E-state index is 11.4. The number of hydrogen-bond donors (Lipinski definition) is 2. The summed E-state index contributed by atoms with van der Waals surface area (Å²) in [6.45, 7) is 0.995. The minimum absolute atomic E-state index is 0.130. The lowest BCUT2D eigenvalue weighted by molar-refractivity contribution is 0.00283. The van der Waals surface area contributed by atoms with E-state index in [2.05, 4.69) is 17.4 Å². The van der Waals surface area contributed by atoms with Crippen LogP contribution in [-0.2, 0) is 12.0 Å². The third kappa shape index (κ3) is 2.62. The monoisotopic (exact) mass is 267 g/mol. The van der Waals surface area contributed by atoms with Crippen LogP contribution in [0.25, 0.3) is 0 Å². The summed E-state index contributed by atoms with van der Waals surface area (Å²) in [6, 6.07) is 20.4. The summed E-state index contributed by atoms with van der Waals surface area (Å²) >= 11 is 0. The van der Waals surface area contributed by atoms with Crippen LogP contribution in [0.15, 0.2) is 60.7 Å². The number of nitrogens with one attached hydrogen (secondary N) is 1. The molecule has 20 heavy (non-hydrogen) atoms. The summed E-state index contributed by atoms with van der Waals surface area (Å²) in [7, 11) is 0. The van der Waals surface area contributed by atoms with Crippen LogP contribution in [0, 0.1) is 0 Å². The fraction of sp³-hybridized carbons (Fsp3) is 0.333. The maximum atomic E-state index is 11.4. The highest BCUT2D eigenvalue weighted by Gasteiger charge is 2.39. The van der Waals surface area contributed by atoms with E-state index in [4.69, 9.17) is 0 Å². The molecule has 0 aromatic heterocycles. The van der Waals surface area contributed by atoms with Gasteiger partial charge in [-0.3, -0.25) is 0 Å². The van der Waals surface area contributed by atoms with Gasteiger partial charge in [-0.1, -0.05) is 60.7 Å². The molecule has 1 fully saturated rings. The molecule has 0 radical (unpaired) electrons. The van der Waals surface area contributed by atoms with Gasteiger partial charge < -0.3 is 10.4 Å². The van der Waals surface area contributed by atoms with E-state index >= 15 is 0 Å². The first kappa shape index (κ1) is 13.3. The van der Waals surface area contributed by atoms with Gasteiger partial charge in [0.1, 0.15) is 5.60 Å². The second-order valence-corrected chi connectivity index (χ2v) is 5.60. The standard InChI is InChI=1S/C18H21NO/c20-18(17-12-7-13-19-17,16-10-5-2-6-11-16)14-15-8-3-1-4-9-15/h1-6,8-11,17,19-20H,7,12-14H2. The molecule has 2 atom stereocenters. The van der Waals surface area contributed by atoms with Gasteiger partial charge in [-0.2, -0.15) is 0 Å². The van der Waals surface area contributed by atoms with E-state index in [1.54, 1.807) is 0 Å². The molecule has 2 nitrogen and oxygen atoms in total. The molecule has 2 heteroatoms. The van der Waals surface area contributed by atoms with E-state index in [1.807, 2.05) is 48.5 Å². The maximum Gasteiger partial charge on any atom is 0.109 e. The normalized spacial score (nSPS) is 21.6. The van der Waals surface area contributed by atoms with Crippen LogP contribution in [0.1, 0.15) is 24.0 Å². The van der Waals surface area contributed by atoms with Crippen molar-refractivity contribution in [1.82, 2.24) is 5.32 Å². The van der Waals surface area contributed by atoms with Crippen molar-refractivity contribution in [2.45, 2.75) is 30.9 Å². The molecule has 1 saturated heterocycles. The van der Waals surface area contributed by atoms with Crippen molar-refractivity contribution in [3.05, 3.63) is 71.8 Å². The van der Waals surface area contributed by atoms with Crippen LogP contribution in [0.3, 0.4) is 0 Å². The van der Waals surface area contributed by atoms with E-state index in [0.29, 0.717) is 6.42 Å². The molecule has 1 heterocycles. The molecule has 2 aromatic rings. The first-order valence-electron chi connectivity index (χ1n) is 7.34. The number of hydrogen-bond acceptors (Lipinski definition) is 2. The highest BCUT2D eigenvalue weighted by molar-refractivity contribution is 5.29. The topological polar surface area (TPSA) is 32.3 Å². The van der Waals surface area contributed by atoms with Gasteiger partial charge in [0.25, 0.3) is 0 Å². The van der Waals surface area contributed by atoms with E-state index in [0.717, 1.165) is 24.9 Å². The lowest BCUT2D eigenvalue weighted by atomic mass is 9.80. The zero-order chi connectivity index (χ0) is 13.8. The van der Waals surface area contributed by atoms with Gasteiger partial charge in [0, 0.05) is 12.5 Å². The zero-order valence-electron chi connectivity index (χ0n) is 11.6. The molecule has 1 aliphatic rings. The third-order valence-electron chi connectivity index (χ3n) is 4.23. The van der Waals surface area contributed by atoms with Crippen molar-refractivity contribution in [2.75, 3.05) is 6.54 Å². The predicted octanol–water partition coefficient (Wildman–Crippen LogP) is 2.87. The van der Waals surface area contributed by atoms with E-state index in [1.165, 1.54) is 5.56 Å². The molecule has 0 aliphatic carbocycles. The molecule has 1 aliphatic heterocycles. The predicted molar refractivity (Wildman–Crippen MR) is 81.5 cm³/mol. The Balaban J connectivity index is 1.95. The Labute approximate surface area is 120 Å². The molecule has 2 aromatic carbocycles. The van der Waals surface area contributed by atoms with Crippen LogP contribution in [0.5, 0.6) is 0 Å². The fourth-order valence-electron chi connectivity index (χ4n) is 3.15. The SMILES string of the molecule is OC(Cc1ccccc1)(c1ccccc1)C1CCCN1. The van der Waals surface area contributed by atoms with Crippen LogP contribution in [0.4, 0.5) is 0 Å². The van der Waals surface area contributed by atoms with Gasteiger partial charge in [0.05, 0.1) is 0 Å². The lowest BCUT2D eigenvalue weighted by Gasteiger charge is -2.35. The summed E-state index contributed by atoms with van der Waals surface area (Å²) in [5.74, 6) is 0. The average Bonchev–Trinajstić information content (AvgIpc) is 3.04. The van der Waals surface area contributed by atoms with Crippen molar-refractivity contribution in [3.63, 3.8) is 0 Å². The van der Waals surface area contributed by atoms with Gasteiger partial charge in [-0.05, 0) is 30.5 Å². The first-order chi connectivity index (χ1) is 9.79. The summed E-state index contributed by atoms with van der Waals surface area (Å²) in [4.78, 5) is 0. The van der Waals surface area contributed by atoms with Gasteiger partial charge >= 0.3 is 0 Å². The highest BCUT2D eigenvalue weighted by Crippen LogP contribution is 2.33. The lowest BCUT2D eigenvalue weighted by Crippen LogP contribution is -2.46. The molecule has 0 spiro atoms. The van der Waals surface area contributed by atoms with Crippen molar-refractivity contribution >= 4 is 0 Å². The van der Waals surface area contributed by atoms with Gasteiger partial charge in [-0.25, -0.2) is 0 Å². The Bertz CT molecular complexity index is 534. The van der Waals surface area contributed by atoms with Crippen LogP contribution in [-0.4, -0.2) is 17.7 Å². The van der Waals surface area contributed by atoms with Crippen LogP contribution >= 0.6 is 0 Å². The fourth-order valence-corrected chi connectivity index (χ4v) is 3.15. The Morgan fingerprint density at radius 3 is 2.25 bits per heavy atom. The molecule has 2 N–H and O–H groups in total. The Morgan fingerprint density at radius 2 is 1.65 bits per heavy atom. The summed E-state index contributed by atoms with van der Waals surface area (Å²) in [5.41, 5.74) is 1.34. The zero-order valence-corrected chi connectivity index (χ0v) is 11.6. The van der Waals surface area contributed by atoms with Crippen molar-refractivity contribution in [2.24, 2.45) is 0 Å². The van der Waals surface area contributed by atoms with Gasteiger partial charge in [-0.15, -0.1) is 0 Å². The molecule has 3 rings (SSSR count). The second kappa shape index (κ2) is 5.78. The average molecular weight is 267 g/mol. The Morgan fingerprint density at radius 1 is 1.00 bits per heavy atom. The number of aliphatic hydroxyl groups is 1. The van der Waals surface area contributed by atoms with E-state index in [9.17, 15) is 5.11 Å². The number of rotatable bonds is 4. The second-order valence-electron chi connectivity index (χ2n) is 5.60. The first-order valence-corrected chi connectivity index (χ1v) is 7.34. The molecule has 104 valence electrons. The van der Waals surface area contributed by atoms with Gasteiger partial charge in [0.2, 0.25) is 0 Å². The van der Waals surface area contributed by atoms with Crippen LogP contribution < -0.4 is 5.32 Å². The molecule has 2 unspecified atom stereocenters. The smallest absolute Gasteiger partial charge is 0.109 e. The molecule has 0 saturated carbocycles. The third-order valence-corrected chi connectivity index (χ3v) is 4.23. The number of benzene rings is 2. The quantitative estimate of drug-likeness (QED) is 0.893. The largest absolute Gasteiger partial charge is 0.383 e. The Hall–Kier alpha value is -1.64. The van der Waals surface area contributed by atoms with E-state index < -0.39 is 5.60 Å². The molecular formula is C18H21NO. The summed E-state index contributed by atoms with van der Waals surface area (Å²) in [6.07, 6.45) is 2.81. The highest BCUT2D eigenvalue weighted by atomic mass is 16.3. The summed E-state index contributed by atoms with van der Waals surface area (Å²) in [5, 5.41) is 14.8. The van der Waals surface area contributed by atoms with Crippen molar-refractivity contribution in [1.29, 1.82) is 0 Å². The minimum atomic E-state index is -0.834. The van der Waals surface area contributed by atoms with E-state index in [-0.39, 0.29) is 6.04 Å². The van der Waals surface area contributed by atoms with Crippen molar-refractivity contribution < 1.29 is 5.11 Å². The van der Waals surface area contributed by atoms with Gasteiger partial charge in [0.15, 0.2) is 0 Å². The summed E-state index contributed by atoms with van der Waals surface area (Å²) < 4.78 is 0.